The minimum atomic E-state index is -0.187. The van der Waals surface area contributed by atoms with Crippen LogP contribution >= 0.6 is 0 Å². The summed E-state index contributed by atoms with van der Waals surface area (Å²) in [4.78, 5) is 4.44. The van der Waals surface area contributed by atoms with Crippen LogP contribution in [-0.2, 0) is 6.54 Å². The van der Waals surface area contributed by atoms with Crippen LogP contribution in [0.2, 0.25) is 0 Å². The molecule has 94 valence electrons. The van der Waals surface area contributed by atoms with E-state index in [1.54, 1.807) is 0 Å². The molecule has 1 heterocycles. The van der Waals surface area contributed by atoms with Gasteiger partial charge in [0, 0.05) is 24.2 Å². The molecule has 0 unspecified atom stereocenters. The summed E-state index contributed by atoms with van der Waals surface area (Å²) in [6, 6.07) is 10.5. The molecule has 0 spiro atoms. The molecule has 1 saturated carbocycles. The maximum Gasteiger partial charge on any atom is 0.0746 e. The predicted molar refractivity (Wildman–Crippen MR) is 72.2 cm³/mol. The number of nitrogens with zero attached hydrogens (tertiary/aromatic N) is 1. The lowest BCUT2D eigenvalue weighted by molar-refractivity contribution is 0.148. The molecule has 2 aromatic rings. The van der Waals surface area contributed by atoms with Gasteiger partial charge in [-0.15, -0.1) is 0 Å². The van der Waals surface area contributed by atoms with E-state index in [4.69, 9.17) is 0 Å². The molecule has 1 aromatic carbocycles. The lowest BCUT2D eigenvalue weighted by Crippen LogP contribution is -2.35. The van der Waals surface area contributed by atoms with E-state index in [-0.39, 0.29) is 12.1 Å². The van der Waals surface area contributed by atoms with Crippen LogP contribution in [0.25, 0.3) is 10.9 Å². The Morgan fingerprint density at radius 1 is 1.22 bits per heavy atom. The molecule has 0 bridgehead atoms. The summed E-state index contributed by atoms with van der Waals surface area (Å²) in [5.41, 5.74) is 2.26. The van der Waals surface area contributed by atoms with Crippen molar-refractivity contribution in [1.29, 1.82) is 0 Å². The third kappa shape index (κ3) is 2.24. The lowest BCUT2D eigenvalue weighted by Gasteiger charge is -2.16. The minimum absolute atomic E-state index is 0.187. The summed E-state index contributed by atoms with van der Waals surface area (Å²) < 4.78 is 0. The molecule has 3 nitrogen and oxygen atoms in total. The number of aliphatic hydroxyl groups excluding tert-OH is 1. The second-order valence-electron chi connectivity index (χ2n) is 4.98. The van der Waals surface area contributed by atoms with Crippen molar-refractivity contribution in [3.05, 3.63) is 42.1 Å². The standard InChI is InChI=1S/C15H18N2O/c18-14-8-2-7-13(14)17-10-12-5-1-4-11-6-3-9-16-15(11)12/h1,3-6,9,13-14,17-18H,2,7-8,10H2/t13-,14-/m0/s1. The second kappa shape index (κ2) is 5.04. The molecule has 1 aliphatic rings. The number of para-hydroxylation sites is 1. The van der Waals surface area contributed by atoms with Crippen molar-refractivity contribution in [2.24, 2.45) is 0 Å². The van der Waals surface area contributed by atoms with Gasteiger partial charge in [0.2, 0.25) is 0 Å². The molecule has 0 aliphatic heterocycles. The quantitative estimate of drug-likeness (QED) is 0.867. The van der Waals surface area contributed by atoms with Crippen LogP contribution in [0.15, 0.2) is 36.5 Å². The number of aromatic nitrogens is 1. The normalized spacial score (nSPS) is 23.6. The molecule has 1 aliphatic carbocycles. The zero-order valence-electron chi connectivity index (χ0n) is 10.3. The molecule has 1 fully saturated rings. The van der Waals surface area contributed by atoms with E-state index in [0.717, 1.165) is 31.3 Å². The number of pyridine rings is 1. The van der Waals surface area contributed by atoms with Gasteiger partial charge < -0.3 is 10.4 Å². The Kier molecular flexibility index (Phi) is 3.26. The number of hydrogen-bond donors (Lipinski definition) is 2. The summed E-state index contributed by atoms with van der Waals surface area (Å²) in [6.07, 6.45) is 4.75. The van der Waals surface area contributed by atoms with Gasteiger partial charge in [-0.2, -0.15) is 0 Å². The topological polar surface area (TPSA) is 45.1 Å². The Morgan fingerprint density at radius 3 is 2.94 bits per heavy atom. The molecule has 0 amide bonds. The zero-order valence-corrected chi connectivity index (χ0v) is 10.3. The largest absolute Gasteiger partial charge is 0.392 e. The molecule has 0 radical (unpaired) electrons. The maximum absolute atomic E-state index is 9.80. The highest BCUT2D eigenvalue weighted by molar-refractivity contribution is 5.81. The number of nitrogens with one attached hydrogen (secondary N) is 1. The van der Waals surface area contributed by atoms with Gasteiger partial charge in [-0.1, -0.05) is 24.3 Å². The van der Waals surface area contributed by atoms with Crippen molar-refractivity contribution >= 4 is 10.9 Å². The Labute approximate surface area is 107 Å². The van der Waals surface area contributed by atoms with Crippen LogP contribution in [0.3, 0.4) is 0 Å². The van der Waals surface area contributed by atoms with Crippen molar-refractivity contribution in [2.45, 2.75) is 38.0 Å². The monoisotopic (exact) mass is 242 g/mol. The van der Waals surface area contributed by atoms with Crippen molar-refractivity contribution in [3.63, 3.8) is 0 Å². The third-order valence-corrected chi connectivity index (χ3v) is 3.75. The van der Waals surface area contributed by atoms with Gasteiger partial charge in [-0.25, -0.2) is 0 Å². The molecule has 0 saturated heterocycles. The van der Waals surface area contributed by atoms with Gasteiger partial charge in [0.15, 0.2) is 0 Å². The van der Waals surface area contributed by atoms with Crippen LogP contribution in [0.5, 0.6) is 0 Å². The Bertz CT molecular complexity index is 536. The Morgan fingerprint density at radius 2 is 2.11 bits per heavy atom. The van der Waals surface area contributed by atoms with Crippen LogP contribution in [0, 0.1) is 0 Å². The van der Waals surface area contributed by atoms with Gasteiger partial charge in [0.25, 0.3) is 0 Å². The zero-order chi connectivity index (χ0) is 12.4. The summed E-state index contributed by atoms with van der Waals surface area (Å²) in [5.74, 6) is 0. The molecule has 1 aromatic heterocycles. The van der Waals surface area contributed by atoms with Gasteiger partial charge in [-0.05, 0) is 30.9 Å². The fourth-order valence-electron chi connectivity index (χ4n) is 2.73. The average molecular weight is 242 g/mol. The molecule has 3 heteroatoms. The summed E-state index contributed by atoms with van der Waals surface area (Å²) in [7, 11) is 0. The highest BCUT2D eigenvalue weighted by Crippen LogP contribution is 2.20. The number of rotatable bonds is 3. The summed E-state index contributed by atoms with van der Waals surface area (Å²) in [6.45, 7) is 0.774. The van der Waals surface area contributed by atoms with E-state index in [0.29, 0.717) is 0 Å². The third-order valence-electron chi connectivity index (χ3n) is 3.75. The van der Waals surface area contributed by atoms with E-state index in [9.17, 15) is 5.11 Å². The number of benzene rings is 1. The van der Waals surface area contributed by atoms with Crippen LogP contribution in [0.1, 0.15) is 24.8 Å². The van der Waals surface area contributed by atoms with Crippen LogP contribution in [-0.4, -0.2) is 22.2 Å². The summed E-state index contributed by atoms with van der Waals surface area (Å²) in [5, 5.41) is 14.4. The van der Waals surface area contributed by atoms with Crippen LogP contribution < -0.4 is 5.32 Å². The number of hydrogen-bond acceptors (Lipinski definition) is 3. The van der Waals surface area contributed by atoms with E-state index >= 15 is 0 Å². The fourth-order valence-corrected chi connectivity index (χ4v) is 2.73. The first-order chi connectivity index (χ1) is 8.84. The Balaban J connectivity index is 1.78. The lowest BCUT2D eigenvalue weighted by atomic mass is 10.1. The maximum atomic E-state index is 9.80. The molecule has 2 N–H and O–H groups in total. The number of fused-ring (bicyclic) bond motifs is 1. The predicted octanol–water partition coefficient (Wildman–Crippen LogP) is 2.24. The fraction of sp³-hybridized carbons (Fsp3) is 0.400. The van der Waals surface area contributed by atoms with Gasteiger partial charge >= 0.3 is 0 Å². The first kappa shape index (κ1) is 11.6. The smallest absolute Gasteiger partial charge is 0.0746 e. The minimum Gasteiger partial charge on any atom is -0.392 e. The molecular weight excluding hydrogens is 224 g/mol. The highest BCUT2D eigenvalue weighted by atomic mass is 16.3. The van der Waals surface area contributed by atoms with E-state index in [1.807, 2.05) is 12.3 Å². The van der Waals surface area contributed by atoms with E-state index < -0.39 is 0 Å². The van der Waals surface area contributed by atoms with Crippen molar-refractivity contribution in [2.75, 3.05) is 0 Å². The highest BCUT2D eigenvalue weighted by Gasteiger charge is 2.24. The molecular formula is C15H18N2O. The molecule has 2 atom stereocenters. The Hall–Kier alpha value is -1.45. The molecule has 3 rings (SSSR count). The second-order valence-corrected chi connectivity index (χ2v) is 4.98. The SMILES string of the molecule is O[C@H]1CCC[C@@H]1NCc1cccc2cccnc12. The van der Waals surface area contributed by atoms with E-state index in [2.05, 4.69) is 34.6 Å². The average Bonchev–Trinajstić information content (AvgIpc) is 2.82. The first-order valence-corrected chi connectivity index (χ1v) is 6.58. The van der Waals surface area contributed by atoms with Crippen LogP contribution in [0.4, 0.5) is 0 Å². The number of aliphatic hydroxyl groups is 1. The van der Waals surface area contributed by atoms with Gasteiger partial charge in [-0.3, -0.25) is 4.98 Å². The van der Waals surface area contributed by atoms with Gasteiger partial charge in [0.05, 0.1) is 11.6 Å². The van der Waals surface area contributed by atoms with E-state index in [1.165, 1.54) is 10.9 Å². The molecule has 18 heavy (non-hydrogen) atoms. The van der Waals surface area contributed by atoms with Crippen molar-refractivity contribution in [1.82, 2.24) is 10.3 Å². The first-order valence-electron chi connectivity index (χ1n) is 6.58. The summed E-state index contributed by atoms with van der Waals surface area (Å²) >= 11 is 0. The van der Waals surface area contributed by atoms with Crippen molar-refractivity contribution in [3.8, 4) is 0 Å². The van der Waals surface area contributed by atoms with Gasteiger partial charge in [0.1, 0.15) is 0 Å². The van der Waals surface area contributed by atoms with Crippen molar-refractivity contribution < 1.29 is 5.11 Å².